The monoisotopic (exact) mass is 514 g/mol. The van der Waals surface area contributed by atoms with E-state index >= 15 is 0 Å². The molecule has 2 aromatic rings. The molecule has 11 nitrogen and oxygen atoms in total. The molecule has 0 aromatic heterocycles. The molecule has 0 radical (unpaired) electrons. The fourth-order valence-electron chi connectivity index (χ4n) is 4.94. The van der Waals surface area contributed by atoms with Crippen LogP contribution in [0.15, 0.2) is 76.1 Å². The Hall–Kier alpha value is -4.93. The van der Waals surface area contributed by atoms with Crippen LogP contribution in [0.4, 0.5) is 22.7 Å². The summed E-state index contributed by atoms with van der Waals surface area (Å²) in [7, 11) is 0. The number of anilines is 1. The number of aliphatic hydroxyl groups excluding tert-OH is 1. The van der Waals surface area contributed by atoms with Crippen LogP contribution < -0.4 is 5.32 Å². The van der Waals surface area contributed by atoms with Gasteiger partial charge in [0.25, 0.3) is 11.4 Å². The number of nitro benzene ring substituents is 2. The fraction of sp³-hybridized carbons (Fsp3) is 0.222. The first kappa shape index (κ1) is 24.8. The van der Waals surface area contributed by atoms with E-state index in [-0.39, 0.29) is 22.5 Å². The van der Waals surface area contributed by atoms with Crippen molar-refractivity contribution >= 4 is 40.0 Å². The van der Waals surface area contributed by atoms with E-state index in [1.54, 1.807) is 19.9 Å². The molecule has 38 heavy (non-hydrogen) atoms. The number of nitrogens with zero attached hydrogens (tertiary/aromatic N) is 3. The summed E-state index contributed by atoms with van der Waals surface area (Å²) in [6.07, 6.45) is 2.74. The number of aliphatic hydroxyl groups is 1. The van der Waals surface area contributed by atoms with Crippen molar-refractivity contribution in [2.75, 3.05) is 5.32 Å². The van der Waals surface area contributed by atoms with Crippen LogP contribution in [0, 0.1) is 20.2 Å². The zero-order valence-corrected chi connectivity index (χ0v) is 20.9. The highest BCUT2D eigenvalue weighted by Crippen LogP contribution is 2.46. The third-order valence-corrected chi connectivity index (χ3v) is 7.35. The van der Waals surface area contributed by atoms with E-state index in [0.717, 1.165) is 0 Å². The maximum atomic E-state index is 12.9. The number of non-ortho nitro benzene ring substituents is 2. The van der Waals surface area contributed by atoms with Crippen LogP contribution in [-0.4, -0.2) is 32.2 Å². The van der Waals surface area contributed by atoms with Crippen molar-refractivity contribution in [1.82, 2.24) is 0 Å². The molecule has 0 saturated carbocycles. The number of Topliss-reactive ketones (excluding diaryl/α,β-unsaturated/α-hetero) is 2. The van der Waals surface area contributed by atoms with Gasteiger partial charge in [-0.25, -0.2) is 0 Å². The van der Waals surface area contributed by atoms with Gasteiger partial charge in [-0.05, 0) is 35.4 Å². The van der Waals surface area contributed by atoms with Gasteiger partial charge in [0.2, 0.25) is 11.6 Å². The predicted octanol–water partition coefficient (Wildman–Crippen LogP) is 5.04. The quantitative estimate of drug-likeness (QED) is 0.248. The predicted molar refractivity (Wildman–Crippen MR) is 139 cm³/mol. The van der Waals surface area contributed by atoms with Crippen LogP contribution in [0.1, 0.15) is 38.8 Å². The minimum atomic E-state index is -0.904. The molecule has 3 aliphatic rings. The van der Waals surface area contributed by atoms with Crippen molar-refractivity contribution < 1.29 is 24.5 Å². The Balaban J connectivity index is 1.54. The van der Waals surface area contributed by atoms with Gasteiger partial charge in [0.1, 0.15) is 5.76 Å². The highest BCUT2D eigenvalue weighted by atomic mass is 16.6. The first-order chi connectivity index (χ1) is 17.7. The standard InChI is InChI=1S/C27H22N4O7/c1-26(2)17-9-13(30(35)36)5-7-19(17)28-21(26)11-15-23(32)16(25(34)24(15)33)12-22-27(3,4)18-10-14(31(37)38)6-8-20(18)29-22/h5-12,28,32H,1-4H3/b16-12+,21-11-. The Morgan fingerprint density at radius 2 is 1.47 bits per heavy atom. The smallest absolute Gasteiger partial charge is 0.269 e. The Bertz CT molecular complexity index is 1640. The summed E-state index contributed by atoms with van der Waals surface area (Å²) in [5.41, 5.74) is 0.982. The Kier molecular flexibility index (Phi) is 5.23. The van der Waals surface area contributed by atoms with Crippen LogP contribution in [0.3, 0.4) is 0 Å². The normalized spacial score (nSPS) is 21.0. The van der Waals surface area contributed by atoms with Crippen molar-refractivity contribution in [1.29, 1.82) is 0 Å². The van der Waals surface area contributed by atoms with Gasteiger partial charge in [0.15, 0.2) is 0 Å². The van der Waals surface area contributed by atoms with Crippen LogP contribution >= 0.6 is 0 Å². The lowest BCUT2D eigenvalue weighted by Crippen LogP contribution is -2.25. The van der Waals surface area contributed by atoms with Crippen molar-refractivity contribution in [2.24, 2.45) is 4.99 Å². The van der Waals surface area contributed by atoms with E-state index in [4.69, 9.17) is 0 Å². The molecule has 2 aromatic carbocycles. The Morgan fingerprint density at radius 1 is 0.868 bits per heavy atom. The van der Waals surface area contributed by atoms with E-state index < -0.39 is 38.0 Å². The maximum Gasteiger partial charge on any atom is 0.269 e. The van der Waals surface area contributed by atoms with E-state index in [1.165, 1.54) is 42.5 Å². The average Bonchev–Trinajstić information content (AvgIpc) is 3.34. The number of carbonyl (C=O) groups excluding carboxylic acids is 2. The van der Waals surface area contributed by atoms with E-state index in [0.29, 0.717) is 33.9 Å². The number of ketones is 2. The molecule has 2 N–H and O–H groups in total. The second-order valence-corrected chi connectivity index (χ2v) is 10.4. The van der Waals surface area contributed by atoms with E-state index in [1.807, 2.05) is 13.8 Å². The number of rotatable bonds is 4. The lowest BCUT2D eigenvalue weighted by atomic mass is 9.80. The summed E-state index contributed by atoms with van der Waals surface area (Å²) in [6.45, 7) is 7.18. The summed E-state index contributed by atoms with van der Waals surface area (Å²) in [5.74, 6) is -2.31. The topological polar surface area (TPSA) is 165 Å². The number of hydrogen-bond acceptors (Lipinski definition) is 9. The third kappa shape index (κ3) is 3.54. The Morgan fingerprint density at radius 3 is 2.11 bits per heavy atom. The molecule has 0 amide bonds. The van der Waals surface area contributed by atoms with Gasteiger partial charge >= 0.3 is 0 Å². The number of nitrogens with one attached hydrogen (secondary N) is 1. The second kappa shape index (κ2) is 8.04. The van der Waals surface area contributed by atoms with Crippen molar-refractivity contribution in [3.05, 3.63) is 103 Å². The largest absolute Gasteiger partial charge is 0.506 e. The highest BCUT2D eigenvalue weighted by molar-refractivity contribution is 6.54. The number of allylic oxidation sites excluding steroid dienone is 5. The molecule has 1 aliphatic carbocycles. The highest BCUT2D eigenvalue weighted by Gasteiger charge is 2.42. The summed E-state index contributed by atoms with van der Waals surface area (Å²) >= 11 is 0. The number of fused-ring (bicyclic) bond motifs is 2. The summed E-state index contributed by atoms with van der Waals surface area (Å²) in [6, 6.07) is 8.66. The number of hydrogen-bond donors (Lipinski definition) is 2. The van der Waals surface area contributed by atoms with E-state index in [9.17, 15) is 34.9 Å². The molecule has 11 heteroatoms. The van der Waals surface area contributed by atoms with Crippen LogP contribution in [0.2, 0.25) is 0 Å². The van der Waals surface area contributed by atoms with Gasteiger partial charge < -0.3 is 10.4 Å². The zero-order chi connectivity index (χ0) is 27.7. The van der Waals surface area contributed by atoms with Gasteiger partial charge in [-0.15, -0.1) is 0 Å². The van der Waals surface area contributed by atoms with E-state index in [2.05, 4.69) is 10.3 Å². The summed E-state index contributed by atoms with van der Waals surface area (Å²) < 4.78 is 0. The molecule has 0 atom stereocenters. The zero-order valence-electron chi connectivity index (χ0n) is 20.9. The van der Waals surface area contributed by atoms with Crippen LogP contribution in [-0.2, 0) is 20.4 Å². The molecule has 5 rings (SSSR count). The number of aliphatic imine (C=N–C) groups is 1. The van der Waals surface area contributed by atoms with Crippen molar-refractivity contribution in [3.63, 3.8) is 0 Å². The summed E-state index contributed by atoms with van der Waals surface area (Å²) in [5, 5.41) is 36.6. The van der Waals surface area contributed by atoms with Gasteiger partial charge in [0.05, 0.1) is 32.4 Å². The Labute approximate surface area is 216 Å². The van der Waals surface area contributed by atoms with Gasteiger partial charge in [-0.2, -0.15) is 0 Å². The summed E-state index contributed by atoms with van der Waals surface area (Å²) in [4.78, 5) is 51.8. The first-order valence-corrected chi connectivity index (χ1v) is 11.6. The van der Waals surface area contributed by atoms with Crippen LogP contribution in [0.5, 0.6) is 0 Å². The minimum Gasteiger partial charge on any atom is -0.506 e. The van der Waals surface area contributed by atoms with Crippen molar-refractivity contribution in [2.45, 2.75) is 38.5 Å². The minimum absolute atomic E-state index is 0.0782. The van der Waals surface area contributed by atoms with Crippen molar-refractivity contribution in [3.8, 4) is 0 Å². The number of benzene rings is 2. The lowest BCUT2D eigenvalue weighted by Gasteiger charge is -2.20. The fourth-order valence-corrected chi connectivity index (χ4v) is 4.94. The molecule has 0 saturated heterocycles. The first-order valence-electron chi connectivity index (χ1n) is 11.6. The number of nitro groups is 2. The van der Waals surface area contributed by atoms with Gasteiger partial charge in [0, 0.05) is 46.5 Å². The maximum absolute atomic E-state index is 12.9. The molecule has 192 valence electrons. The molecule has 0 fully saturated rings. The molecule has 2 heterocycles. The molecular formula is C27H22N4O7. The molecule has 0 bridgehead atoms. The van der Waals surface area contributed by atoms with Gasteiger partial charge in [-0.3, -0.25) is 34.8 Å². The molecule has 0 spiro atoms. The lowest BCUT2D eigenvalue weighted by molar-refractivity contribution is -0.385. The SMILES string of the molecule is CC1(C)C(/C=C2/C(=O)C(=O)C(/C=C3\Nc4ccc([N+](=O)[O-])cc4C3(C)C)=C2O)=Nc2ccc([N+](=O)[O-])cc21. The van der Waals surface area contributed by atoms with Gasteiger partial charge in [-0.1, -0.05) is 27.7 Å². The molecule has 0 unspecified atom stereocenters. The molecule has 2 aliphatic heterocycles. The third-order valence-electron chi connectivity index (χ3n) is 7.35. The van der Waals surface area contributed by atoms with Crippen LogP contribution in [0.25, 0.3) is 0 Å². The molecular weight excluding hydrogens is 492 g/mol. The number of carbonyl (C=O) groups is 2. The second-order valence-electron chi connectivity index (χ2n) is 10.4. The average molecular weight is 514 g/mol.